The second-order valence-corrected chi connectivity index (χ2v) is 4.77. The van der Waals surface area contributed by atoms with Crippen LogP contribution in [0, 0.1) is 0 Å². The van der Waals surface area contributed by atoms with Gasteiger partial charge in [0.15, 0.2) is 0 Å². The maximum Gasteiger partial charge on any atom is 0.337 e. The summed E-state index contributed by atoms with van der Waals surface area (Å²) >= 11 is 0. The number of hydrogen-bond acceptors (Lipinski definition) is 3. The summed E-state index contributed by atoms with van der Waals surface area (Å²) in [5, 5.41) is 1.10. The first-order valence-corrected chi connectivity index (χ1v) is 6.19. The van der Waals surface area contributed by atoms with Crippen LogP contribution in [0.5, 0.6) is 0 Å². The van der Waals surface area contributed by atoms with E-state index in [2.05, 4.69) is 4.98 Å². The Morgan fingerprint density at radius 2 is 2.33 bits per heavy atom. The van der Waals surface area contributed by atoms with Crippen LogP contribution in [0.25, 0.3) is 10.9 Å². The van der Waals surface area contributed by atoms with Gasteiger partial charge in [0.05, 0.1) is 12.7 Å². The molecule has 94 valence electrons. The van der Waals surface area contributed by atoms with Crippen LogP contribution in [0.4, 0.5) is 0 Å². The molecule has 0 spiro atoms. The SMILES string of the molecule is COC(=O)c1ccc2[nH]c3c(c2c1)CCCC3N. The zero-order chi connectivity index (χ0) is 12.7. The number of rotatable bonds is 1. The number of H-pyrrole nitrogens is 1. The molecule has 1 unspecified atom stereocenters. The molecule has 1 aromatic carbocycles. The van der Waals surface area contributed by atoms with E-state index >= 15 is 0 Å². The summed E-state index contributed by atoms with van der Waals surface area (Å²) in [6.07, 6.45) is 3.14. The average Bonchev–Trinajstić information content (AvgIpc) is 2.77. The summed E-state index contributed by atoms with van der Waals surface area (Å²) in [7, 11) is 1.40. The second-order valence-electron chi connectivity index (χ2n) is 4.77. The number of nitrogens with one attached hydrogen (secondary N) is 1. The summed E-state index contributed by atoms with van der Waals surface area (Å²) < 4.78 is 4.75. The summed E-state index contributed by atoms with van der Waals surface area (Å²) in [6, 6.07) is 5.69. The molecule has 1 aromatic heterocycles. The van der Waals surface area contributed by atoms with Crippen molar-refractivity contribution in [3.05, 3.63) is 35.0 Å². The van der Waals surface area contributed by atoms with Gasteiger partial charge in [-0.15, -0.1) is 0 Å². The molecule has 0 fully saturated rings. The Kier molecular flexibility index (Phi) is 2.59. The van der Waals surface area contributed by atoms with Crippen LogP contribution in [0.1, 0.15) is 40.5 Å². The van der Waals surface area contributed by atoms with Gasteiger partial charge < -0.3 is 15.5 Å². The highest BCUT2D eigenvalue weighted by Crippen LogP contribution is 2.33. The van der Waals surface area contributed by atoms with E-state index in [-0.39, 0.29) is 12.0 Å². The number of ether oxygens (including phenoxy) is 1. The van der Waals surface area contributed by atoms with Crippen LogP contribution >= 0.6 is 0 Å². The van der Waals surface area contributed by atoms with E-state index in [9.17, 15) is 4.79 Å². The van der Waals surface area contributed by atoms with E-state index in [1.54, 1.807) is 6.07 Å². The van der Waals surface area contributed by atoms with Gasteiger partial charge in [-0.3, -0.25) is 0 Å². The second kappa shape index (κ2) is 4.14. The molecule has 1 aliphatic carbocycles. The molecule has 0 aliphatic heterocycles. The third-order valence-corrected chi connectivity index (χ3v) is 3.67. The van der Waals surface area contributed by atoms with Gasteiger partial charge in [0, 0.05) is 22.6 Å². The largest absolute Gasteiger partial charge is 0.465 e. The van der Waals surface area contributed by atoms with E-state index in [1.807, 2.05) is 12.1 Å². The molecule has 0 bridgehead atoms. The van der Waals surface area contributed by atoms with Crippen LogP contribution in [0.15, 0.2) is 18.2 Å². The first-order valence-electron chi connectivity index (χ1n) is 6.19. The Bertz CT molecular complexity index is 616. The highest BCUT2D eigenvalue weighted by atomic mass is 16.5. The third kappa shape index (κ3) is 1.61. The van der Waals surface area contributed by atoms with Crippen LogP contribution in [0.2, 0.25) is 0 Å². The third-order valence-electron chi connectivity index (χ3n) is 3.67. The van der Waals surface area contributed by atoms with Gasteiger partial charge >= 0.3 is 5.97 Å². The van der Waals surface area contributed by atoms with Crippen molar-refractivity contribution in [2.75, 3.05) is 7.11 Å². The predicted octanol–water partition coefficient (Wildman–Crippen LogP) is 2.29. The fourth-order valence-electron chi connectivity index (χ4n) is 2.74. The van der Waals surface area contributed by atoms with Gasteiger partial charge in [0.25, 0.3) is 0 Å². The van der Waals surface area contributed by atoms with E-state index < -0.39 is 0 Å². The summed E-state index contributed by atoms with van der Waals surface area (Å²) in [5.74, 6) is -0.299. The zero-order valence-corrected chi connectivity index (χ0v) is 10.3. The Hall–Kier alpha value is -1.81. The van der Waals surface area contributed by atoms with Crippen LogP contribution in [-0.4, -0.2) is 18.1 Å². The highest BCUT2D eigenvalue weighted by Gasteiger charge is 2.22. The number of carbonyl (C=O) groups excluding carboxylic acids is 1. The van der Waals surface area contributed by atoms with E-state index in [0.29, 0.717) is 5.56 Å². The summed E-state index contributed by atoms with van der Waals surface area (Å²) in [4.78, 5) is 14.9. The maximum atomic E-state index is 11.6. The molecule has 4 nitrogen and oxygen atoms in total. The number of carbonyl (C=O) groups is 1. The molecule has 0 saturated carbocycles. The van der Waals surface area contributed by atoms with Crippen molar-refractivity contribution in [3.8, 4) is 0 Å². The van der Waals surface area contributed by atoms with Gasteiger partial charge in [0.1, 0.15) is 0 Å². The summed E-state index contributed by atoms with van der Waals surface area (Å²) in [5.41, 5.74) is 10.1. The number of benzene rings is 1. The average molecular weight is 244 g/mol. The Labute approximate surface area is 105 Å². The number of esters is 1. The molecule has 1 atom stereocenters. The van der Waals surface area contributed by atoms with Gasteiger partial charge in [-0.25, -0.2) is 4.79 Å². The monoisotopic (exact) mass is 244 g/mol. The van der Waals surface area contributed by atoms with Crippen LogP contribution < -0.4 is 5.73 Å². The fourth-order valence-corrected chi connectivity index (χ4v) is 2.74. The van der Waals surface area contributed by atoms with Gasteiger partial charge in [-0.05, 0) is 43.0 Å². The molecule has 0 radical (unpaired) electrons. The molecule has 0 saturated heterocycles. The maximum absolute atomic E-state index is 11.6. The topological polar surface area (TPSA) is 68.1 Å². The lowest BCUT2D eigenvalue weighted by Gasteiger charge is -2.18. The van der Waals surface area contributed by atoms with Crippen molar-refractivity contribution in [2.24, 2.45) is 5.73 Å². The van der Waals surface area contributed by atoms with Crippen molar-refractivity contribution >= 4 is 16.9 Å². The number of fused-ring (bicyclic) bond motifs is 3. The minimum Gasteiger partial charge on any atom is -0.465 e. The Balaban J connectivity index is 2.18. The molecule has 1 heterocycles. The minimum atomic E-state index is -0.299. The first kappa shape index (κ1) is 11.3. The number of aromatic nitrogens is 1. The zero-order valence-electron chi connectivity index (χ0n) is 10.3. The van der Waals surface area contributed by atoms with Crippen LogP contribution in [-0.2, 0) is 11.2 Å². The number of aryl methyl sites for hydroxylation is 1. The fraction of sp³-hybridized carbons (Fsp3) is 0.357. The highest BCUT2D eigenvalue weighted by molar-refractivity contribution is 5.96. The quantitative estimate of drug-likeness (QED) is 0.756. The van der Waals surface area contributed by atoms with Crippen molar-refractivity contribution in [2.45, 2.75) is 25.3 Å². The minimum absolute atomic E-state index is 0.0859. The number of methoxy groups -OCH3 is 1. The van der Waals surface area contributed by atoms with E-state index in [0.717, 1.165) is 35.9 Å². The lowest BCUT2D eigenvalue weighted by atomic mass is 9.92. The summed E-state index contributed by atoms with van der Waals surface area (Å²) in [6.45, 7) is 0. The molecule has 2 aromatic rings. The van der Waals surface area contributed by atoms with E-state index in [1.165, 1.54) is 12.7 Å². The normalized spacial score (nSPS) is 18.7. The van der Waals surface area contributed by atoms with E-state index in [4.69, 9.17) is 10.5 Å². The number of hydrogen-bond donors (Lipinski definition) is 2. The van der Waals surface area contributed by atoms with Crippen molar-refractivity contribution in [1.82, 2.24) is 4.98 Å². The number of aromatic amines is 1. The predicted molar refractivity (Wildman–Crippen MR) is 69.5 cm³/mol. The lowest BCUT2D eigenvalue weighted by Crippen LogP contribution is -2.16. The van der Waals surface area contributed by atoms with Crippen molar-refractivity contribution in [3.63, 3.8) is 0 Å². The molecule has 18 heavy (non-hydrogen) atoms. The molecular formula is C14H16N2O2. The molecule has 3 N–H and O–H groups in total. The first-order chi connectivity index (χ1) is 8.70. The van der Waals surface area contributed by atoms with Crippen molar-refractivity contribution < 1.29 is 9.53 Å². The van der Waals surface area contributed by atoms with Gasteiger partial charge in [0.2, 0.25) is 0 Å². The molecule has 3 rings (SSSR count). The molecule has 1 aliphatic rings. The Morgan fingerprint density at radius 1 is 1.50 bits per heavy atom. The molecule has 0 amide bonds. The Morgan fingerprint density at radius 3 is 3.11 bits per heavy atom. The van der Waals surface area contributed by atoms with Gasteiger partial charge in [-0.2, -0.15) is 0 Å². The number of nitrogens with two attached hydrogens (primary N) is 1. The van der Waals surface area contributed by atoms with Crippen molar-refractivity contribution in [1.29, 1.82) is 0 Å². The van der Waals surface area contributed by atoms with Gasteiger partial charge in [-0.1, -0.05) is 0 Å². The molecule has 4 heteroatoms. The van der Waals surface area contributed by atoms with Crippen LogP contribution in [0.3, 0.4) is 0 Å². The smallest absolute Gasteiger partial charge is 0.337 e. The lowest BCUT2D eigenvalue weighted by molar-refractivity contribution is 0.0601. The molecular weight excluding hydrogens is 228 g/mol. The standard InChI is InChI=1S/C14H16N2O2/c1-18-14(17)8-5-6-12-10(7-8)9-3-2-4-11(15)13(9)16-12/h5-7,11,16H,2-4,15H2,1H3.